The number of halogens is 3. The molecule has 5 rings (SSSR count). The molecule has 8 nitrogen and oxygen atoms in total. The number of rotatable bonds is 10. The Bertz CT molecular complexity index is 1990. The fraction of sp³-hybridized carbons (Fsp3) is 0.242. The van der Waals surface area contributed by atoms with E-state index in [9.17, 15) is 14.0 Å². The minimum absolute atomic E-state index is 0.0667. The zero-order valence-corrected chi connectivity index (χ0v) is 28.8. The van der Waals surface area contributed by atoms with E-state index in [4.69, 9.17) is 18.9 Å². The van der Waals surface area contributed by atoms with Crippen LogP contribution in [0.25, 0.3) is 6.08 Å². The second-order valence-electron chi connectivity index (χ2n) is 9.83. The molecule has 0 fully saturated rings. The van der Waals surface area contributed by atoms with Gasteiger partial charge in [-0.15, -0.1) is 0 Å². The van der Waals surface area contributed by atoms with Gasteiger partial charge in [0.1, 0.15) is 18.2 Å². The van der Waals surface area contributed by atoms with Crippen molar-refractivity contribution in [3.05, 3.63) is 117 Å². The van der Waals surface area contributed by atoms with Gasteiger partial charge in [-0.3, -0.25) is 9.36 Å². The Labute approximate surface area is 279 Å². The lowest BCUT2D eigenvalue weighted by molar-refractivity contribution is -0.139. The molecule has 3 aromatic carbocycles. The fourth-order valence-corrected chi connectivity index (χ4v) is 7.02. The van der Waals surface area contributed by atoms with E-state index in [1.54, 1.807) is 62.4 Å². The molecule has 0 unspecified atom stereocenters. The summed E-state index contributed by atoms with van der Waals surface area (Å²) in [7, 11) is 1.53. The van der Waals surface area contributed by atoms with Crippen LogP contribution in [-0.2, 0) is 16.1 Å². The van der Waals surface area contributed by atoms with Crippen LogP contribution in [0.5, 0.6) is 17.2 Å². The van der Waals surface area contributed by atoms with Crippen LogP contribution in [0.2, 0.25) is 0 Å². The molecule has 0 N–H and O–H groups in total. The first kappa shape index (κ1) is 32.6. The number of fused-ring (bicyclic) bond motifs is 1. The fourth-order valence-electron chi connectivity index (χ4n) is 4.92. The summed E-state index contributed by atoms with van der Waals surface area (Å²) in [6.45, 7) is 5.98. The summed E-state index contributed by atoms with van der Waals surface area (Å²) in [5, 5.41) is 0. The molecule has 4 aromatic rings. The van der Waals surface area contributed by atoms with Gasteiger partial charge in [-0.05, 0) is 84.2 Å². The maximum Gasteiger partial charge on any atom is 0.338 e. The van der Waals surface area contributed by atoms with Crippen LogP contribution in [0.1, 0.15) is 43.5 Å². The van der Waals surface area contributed by atoms with E-state index >= 15 is 0 Å². The molecule has 1 atom stereocenters. The molecule has 2 heterocycles. The Kier molecular flexibility index (Phi) is 10.3. The van der Waals surface area contributed by atoms with Crippen LogP contribution in [0.3, 0.4) is 0 Å². The molecule has 0 amide bonds. The number of hydrogen-bond acceptors (Lipinski definition) is 8. The van der Waals surface area contributed by atoms with Gasteiger partial charge in [-0.25, -0.2) is 14.2 Å². The Hall–Kier alpha value is -3.74. The summed E-state index contributed by atoms with van der Waals surface area (Å²) in [5.74, 6) is 0.607. The number of ether oxygens (including phenoxy) is 4. The van der Waals surface area contributed by atoms with Crippen molar-refractivity contribution >= 4 is 55.2 Å². The highest BCUT2D eigenvalue weighted by Gasteiger charge is 2.35. The summed E-state index contributed by atoms with van der Waals surface area (Å²) in [6, 6.07) is 14.5. The van der Waals surface area contributed by atoms with E-state index < -0.39 is 12.0 Å². The first-order valence-electron chi connectivity index (χ1n) is 14.0. The Morgan fingerprint density at radius 3 is 2.49 bits per heavy atom. The number of benzene rings is 3. The van der Waals surface area contributed by atoms with Crippen LogP contribution >= 0.6 is 43.2 Å². The van der Waals surface area contributed by atoms with Gasteiger partial charge in [0.2, 0.25) is 0 Å². The number of hydrogen-bond donors (Lipinski definition) is 0. The quantitative estimate of drug-likeness (QED) is 0.173. The van der Waals surface area contributed by atoms with Crippen LogP contribution in [0.4, 0.5) is 4.39 Å². The van der Waals surface area contributed by atoms with Gasteiger partial charge in [0.15, 0.2) is 16.3 Å². The van der Waals surface area contributed by atoms with E-state index in [-0.39, 0.29) is 30.2 Å². The second-order valence-corrected chi connectivity index (χ2v) is 12.5. The highest BCUT2D eigenvalue weighted by molar-refractivity contribution is 9.10. The first-order valence-corrected chi connectivity index (χ1v) is 16.4. The average Bonchev–Trinajstić information content (AvgIpc) is 3.31. The van der Waals surface area contributed by atoms with Crippen molar-refractivity contribution < 1.29 is 28.1 Å². The predicted molar refractivity (Wildman–Crippen MR) is 177 cm³/mol. The van der Waals surface area contributed by atoms with Crippen molar-refractivity contribution in [2.75, 3.05) is 20.3 Å². The number of carbonyl (C=O) groups is 1. The second kappa shape index (κ2) is 14.1. The lowest BCUT2D eigenvalue weighted by atomic mass is 9.95. The number of allylic oxidation sites excluding steroid dienone is 1. The van der Waals surface area contributed by atoms with Crippen LogP contribution in [-0.4, -0.2) is 30.9 Å². The lowest BCUT2D eigenvalue weighted by Crippen LogP contribution is -2.40. The third kappa shape index (κ3) is 6.78. The van der Waals surface area contributed by atoms with Crippen molar-refractivity contribution in [3.63, 3.8) is 0 Å². The van der Waals surface area contributed by atoms with Crippen molar-refractivity contribution in [2.45, 2.75) is 33.4 Å². The van der Waals surface area contributed by atoms with Crippen LogP contribution < -0.4 is 29.1 Å². The van der Waals surface area contributed by atoms with Crippen molar-refractivity contribution in [3.8, 4) is 17.2 Å². The molecule has 0 bridgehead atoms. The summed E-state index contributed by atoms with van der Waals surface area (Å²) in [4.78, 5) is 32.5. The molecule has 1 aromatic heterocycles. The molecule has 1 aliphatic heterocycles. The molecule has 1 aliphatic rings. The number of esters is 1. The maximum atomic E-state index is 14.1. The molecule has 0 saturated heterocycles. The van der Waals surface area contributed by atoms with Gasteiger partial charge in [0, 0.05) is 10.0 Å². The predicted octanol–water partition coefficient (Wildman–Crippen LogP) is 6.45. The van der Waals surface area contributed by atoms with E-state index in [1.807, 2.05) is 13.0 Å². The van der Waals surface area contributed by atoms with Gasteiger partial charge in [0.25, 0.3) is 5.56 Å². The van der Waals surface area contributed by atoms with Crippen molar-refractivity contribution in [2.24, 2.45) is 4.99 Å². The molecule has 0 saturated carbocycles. The van der Waals surface area contributed by atoms with E-state index in [1.165, 1.54) is 29.1 Å². The zero-order chi connectivity index (χ0) is 32.2. The standard InChI is InChI=1S/C33H29Br2FN2O6S/c1-5-42-27-16-22(34)21(15-26(27)41-4)30-29(32(40)43-6-2)18(3)37-33-38(30)31(39)28(45-33)14-19-11-12-25(23(35)13-19)44-17-20-9-7-8-10-24(20)36/h7-16,30H,5-6,17H2,1-4H3/b28-14+/t30-/m0/s1. The largest absolute Gasteiger partial charge is 0.493 e. The van der Waals surface area contributed by atoms with Gasteiger partial charge in [-0.1, -0.05) is 51.5 Å². The summed E-state index contributed by atoms with van der Waals surface area (Å²) < 4.78 is 39.8. The number of thiazole rings is 1. The Balaban J connectivity index is 1.58. The minimum Gasteiger partial charge on any atom is -0.493 e. The molecule has 0 aliphatic carbocycles. The molecule has 45 heavy (non-hydrogen) atoms. The van der Waals surface area contributed by atoms with Crippen LogP contribution in [0, 0.1) is 5.82 Å². The smallest absolute Gasteiger partial charge is 0.338 e. The summed E-state index contributed by atoms with van der Waals surface area (Å²) in [6.07, 6.45) is 1.75. The topological polar surface area (TPSA) is 88.4 Å². The Morgan fingerprint density at radius 1 is 1.02 bits per heavy atom. The highest BCUT2D eigenvalue weighted by Crippen LogP contribution is 2.41. The summed E-state index contributed by atoms with van der Waals surface area (Å²) >= 11 is 8.38. The number of nitrogens with zero attached hydrogens (tertiary/aromatic N) is 2. The van der Waals surface area contributed by atoms with Crippen molar-refractivity contribution in [1.29, 1.82) is 0 Å². The third-order valence-corrected chi connectivity index (χ3v) is 9.28. The number of methoxy groups -OCH3 is 1. The van der Waals surface area contributed by atoms with E-state index in [0.29, 0.717) is 59.0 Å². The molecular formula is C33H29Br2FN2O6S. The van der Waals surface area contributed by atoms with Gasteiger partial charge in [-0.2, -0.15) is 0 Å². The van der Waals surface area contributed by atoms with E-state index in [0.717, 1.165) is 5.56 Å². The number of carbonyl (C=O) groups excluding carboxylic acids is 1. The monoisotopic (exact) mass is 758 g/mol. The van der Waals surface area contributed by atoms with E-state index in [2.05, 4.69) is 36.9 Å². The molecular weight excluding hydrogens is 731 g/mol. The highest BCUT2D eigenvalue weighted by atomic mass is 79.9. The normalized spacial score (nSPS) is 14.6. The average molecular weight is 760 g/mol. The van der Waals surface area contributed by atoms with Crippen molar-refractivity contribution in [1.82, 2.24) is 4.57 Å². The van der Waals surface area contributed by atoms with Gasteiger partial charge < -0.3 is 18.9 Å². The lowest BCUT2D eigenvalue weighted by Gasteiger charge is -2.26. The Morgan fingerprint density at radius 2 is 1.80 bits per heavy atom. The number of aromatic nitrogens is 1. The van der Waals surface area contributed by atoms with Gasteiger partial charge >= 0.3 is 5.97 Å². The minimum atomic E-state index is -0.845. The molecule has 234 valence electrons. The zero-order valence-electron chi connectivity index (χ0n) is 24.9. The summed E-state index contributed by atoms with van der Waals surface area (Å²) in [5.41, 5.74) is 2.16. The maximum absolute atomic E-state index is 14.1. The third-order valence-electron chi connectivity index (χ3n) is 6.99. The molecule has 12 heteroatoms. The van der Waals surface area contributed by atoms with Crippen LogP contribution in [0.15, 0.2) is 84.6 Å². The SMILES string of the molecule is CCOC(=O)C1=C(C)N=c2s/c(=C/c3ccc(OCc4ccccc4F)c(Br)c3)c(=O)n2[C@H]1c1cc(OC)c(OCC)cc1Br. The molecule has 0 spiro atoms. The van der Waals surface area contributed by atoms with Gasteiger partial charge in [0.05, 0.1) is 46.6 Å². The molecule has 0 radical (unpaired) electrons. The first-order chi connectivity index (χ1) is 21.7.